The summed E-state index contributed by atoms with van der Waals surface area (Å²) in [6.45, 7) is 9.80. The average molecular weight is 184 g/mol. The van der Waals surface area contributed by atoms with Gasteiger partial charge in [0.15, 0.2) is 0 Å². The van der Waals surface area contributed by atoms with E-state index in [9.17, 15) is 4.79 Å². The van der Waals surface area contributed by atoms with E-state index in [2.05, 4.69) is 23.3 Å². The lowest BCUT2D eigenvalue weighted by Crippen LogP contribution is -2.28. The van der Waals surface area contributed by atoms with Crippen molar-refractivity contribution in [1.82, 2.24) is 9.80 Å². The Hall–Kier alpha value is -0.870. The summed E-state index contributed by atoms with van der Waals surface area (Å²) in [6.07, 6.45) is 1.19. The number of carbonyl (C=O) groups is 1. The SMILES string of the molecule is C=CC(=O)OCN1CCN(CC)C1. The van der Waals surface area contributed by atoms with Crippen molar-refractivity contribution in [2.75, 3.05) is 33.0 Å². The molecule has 0 aromatic heterocycles. The van der Waals surface area contributed by atoms with Crippen LogP contribution in [0.1, 0.15) is 6.92 Å². The number of nitrogens with zero attached hydrogens (tertiary/aromatic N) is 2. The summed E-state index contributed by atoms with van der Waals surface area (Å²) < 4.78 is 4.91. The minimum absolute atomic E-state index is 0.352. The highest BCUT2D eigenvalue weighted by molar-refractivity contribution is 5.81. The molecule has 0 radical (unpaired) electrons. The van der Waals surface area contributed by atoms with Crippen LogP contribution in [0.5, 0.6) is 0 Å². The van der Waals surface area contributed by atoms with E-state index < -0.39 is 0 Å². The van der Waals surface area contributed by atoms with E-state index in [-0.39, 0.29) is 5.97 Å². The fraction of sp³-hybridized carbons (Fsp3) is 0.667. The smallest absolute Gasteiger partial charge is 0.331 e. The Kier molecular flexibility index (Phi) is 3.92. The molecule has 1 heterocycles. The number of likely N-dealkylation sites (N-methyl/N-ethyl adjacent to an activating group) is 1. The summed E-state index contributed by atoms with van der Waals surface area (Å²) in [5, 5.41) is 0. The van der Waals surface area contributed by atoms with Gasteiger partial charge in [0, 0.05) is 19.2 Å². The maximum atomic E-state index is 10.7. The monoisotopic (exact) mass is 184 g/mol. The van der Waals surface area contributed by atoms with Crippen LogP contribution < -0.4 is 0 Å². The molecule has 1 aliphatic rings. The maximum Gasteiger partial charge on any atom is 0.331 e. The second-order valence-corrected chi connectivity index (χ2v) is 3.04. The minimum atomic E-state index is -0.352. The summed E-state index contributed by atoms with van der Waals surface area (Å²) in [5.74, 6) is -0.352. The van der Waals surface area contributed by atoms with Gasteiger partial charge in [-0.05, 0) is 6.54 Å². The van der Waals surface area contributed by atoms with Crippen molar-refractivity contribution in [2.24, 2.45) is 0 Å². The first kappa shape index (κ1) is 10.2. The van der Waals surface area contributed by atoms with Gasteiger partial charge in [-0.2, -0.15) is 0 Å². The number of ether oxygens (including phenoxy) is 1. The molecule has 13 heavy (non-hydrogen) atoms. The Labute approximate surface area is 78.8 Å². The number of carbonyl (C=O) groups excluding carboxylic acids is 1. The van der Waals surface area contributed by atoms with Gasteiger partial charge in [-0.1, -0.05) is 13.5 Å². The van der Waals surface area contributed by atoms with Gasteiger partial charge in [0.05, 0.1) is 6.67 Å². The lowest BCUT2D eigenvalue weighted by molar-refractivity contribution is -0.142. The zero-order valence-electron chi connectivity index (χ0n) is 8.03. The van der Waals surface area contributed by atoms with Crippen LogP contribution in [0.3, 0.4) is 0 Å². The van der Waals surface area contributed by atoms with Gasteiger partial charge in [-0.15, -0.1) is 0 Å². The molecule has 1 aliphatic heterocycles. The van der Waals surface area contributed by atoms with Crippen molar-refractivity contribution in [3.63, 3.8) is 0 Å². The topological polar surface area (TPSA) is 32.8 Å². The lowest BCUT2D eigenvalue weighted by Gasteiger charge is -2.15. The Morgan fingerprint density at radius 3 is 2.77 bits per heavy atom. The summed E-state index contributed by atoms with van der Waals surface area (Å²) in [5.41, 5.74) is 0. The van der Waals surface area contributed by atoms with Crippen molar-refractivity contribution in [2.45, 2.75) is 6.92 Å². The Balaban J connectivity index is 2.17. The van der Waals surface area contributed by atoms with Crippen LogP contribution in [0.2, 0.25) is 0 Å². The van der Waals surface area contributed by atoms with Crippen LogP contribution in [-0.2, 0) is 9.53 Å². The van der Waals surface area contributed by atoms with E-state index in [0.29, 0.717) is 6.73 Å². The zero-order valence-corrected chi connectivity index (χ0v) is 8.03. The molecule has 1 fully saturated rings. The van der Waals surface area contributed by atoms with Gasteiger partial charge in [0.25, 0.3) is 0 Å². The highest BCUT2D eigenvalue weighted by Crippen LogP contribution is 2.03. The summed E-state index contributed by atoms with van der Waals surface area (Å²) in [7, 11) is 0. The Bertz CT molecular complexity index is 194. The molecule has 0 aromatic rings. The number of esters is 1. The molecule has 1 saturated heterocycles. The van der Waals surface area contributed by atoms with E-state index in [4.69, 9.17) is 4.74 Å². The number of hydrogen-bond acceptors (Lipinski definition) is 4. The molecular formula is C9H16N2O2. The van der Waals surface area contributed by atoms with Crippen LogP contribution in [0, 0.1) is 0 Å². The molecule has 0 bridgehead atoms. The second-order valence-electron chi connectivity index (χ2n) is 3.04. The molecule has 0 aromatic carbocycles. The summed E-state index contributed by atoms with van der Waals surface area (Å²) in [6, 6.07) is 0. The fourth-order valence-corrected chi connectivity index (χ4v) is 1.28. The predicted molar refractivity (Wildman–Crippen MR) is 50.0 cm³/mol. The first-order valence-electron chi connectivity index (χ1n) is 4.50. The van der Waals surface area contributed by atoms with E-state index in [1.54, 1.807) is 0 Å². The van der Waals surface area contributed by atoms with E-state index in [0.717, 1.165) is 26.3 Å². The Morgan fingerprint density at radius 1 is 1.54 bits per heavy atom. The first-order valence-corrected chi connectivity index (χ1v) is 4.50. The van der Waals surface area contributed by atoms with E-state index in [1.165, 1.54) is 6.08 Å². The normalized spacial score (nSPS) is 18.8. The molecule has 4 nitrogen and oxygen atoms in total. The lowest BCUT2D eigenvalue weighted by atomic mass is 10.6. The van der Waals surface area contributed by atoms with Crippen molar-refractivity contribution < 1.29 is 9.53 Å². The van der Waals surface area contributed by atoms with Crippen LogP contribution in [0.15, 0.2) is 12.7 Å². The maximum absolute atomic E-state index is 10.7. The van der Waals surface area contributed by atoms with Crippen molar-refractivity contribution in [3.8, 4) is 0 Å². The molecule has 0 unspecified atom stereocenters. The molecule has 0 N–H and O–H groups in total. The fourth-order valence-electron chi connectivity index (χ4n) is 1.28. The first-order chi connectivity index (χ1) is 6.26. The van der Waals surface area contributed by atoms with Crippen LogP contribution >= 0.6 is 0 Å². The summed E-state index contributed by atoms with van der Waals surface area (Å²) >= 11 is 0. The third-order valence-electron chi connectivity index (χ3n) is 2.14. The molecule has 0 spiro atoms. The van der Waals surface area contributed by atoms with Crippen molar-refractivity contribution in [1.29, 1.82) is 0 Å². The molecule has 0 amide bonds. The van der Waals surface area contributed by atoms with Gasteiger partial charge in [0.1, 0.15) is 6.73 Å². The van der Waals surface area contributed by atoms with Crippen LogP contribution in [-0.4, -0.2) is 48.8 Å². The van der Waals surface area contributed by atoms with E-state index in [1.807, 2.05) is 0 Å². The van der Waals surface area contributed by atoms with Gasteiger partial charge in [-0.25, -0.2) is 4.79 Å². The molecule has 1 rings (SSSR count). The molecule has 4 heteroatoms. The quantitative estimate of drug-likeness (QED) is 0.464. The summed E-state index contributed by atoms with van der Waals surface area (Å²) in [4.78, 5) is 15.1. The van der Waals surface area contributed by atoms with Gasteiger partial charge in [-0.3, -0.25) is 9.80 Å². The van der Waals surface area contributed by atoms with Gasteiger partial charge >= 0.3 is 5.97 Å². The van der Waals surface area contributed by atoms with Crippen molar-refractivity contribution in [3.05, 3.63) is 12.7 Å². The minimum Gasteiger partial charge on any atom is -0.446 e. The highest BCUT2D eigenvalue weighted by atomic mass is 16.5. The number of hydrogen-bond donors (Lipinski definition) is 0. The largest absolute Gasteiger partial charge is 0.446 e. The standard InChI is InChI=1S/C9H16N2O2/c1-3-9(12)13-8-11-6-5-10(4-2)7-11/h3H,1,4-8H2,2H3. The second kappa shape index (κ2) is 4.99. The number of rotatable bonds is 4. The molecular weight excluding hydrogens is 168 g/mol. The molecule has 0 saturated carbocycles. The molecule has 0 aliphatic carbocycles. The van der Waals surface area contributed by atoms with Crippen LogP contribution in [0.4, 0.5) is 0 Å². The van der Waals surface area contributed by atoms with Crippen LogP contribution in [0.25, 0.3) is 0 Å². The highest BCUT2D eigenvalue weighted by Gasteiger charge is 2.18. The average Bonchev–Trinajstić information content (AvgIpc) is 2.61. The van der Waals surface area contributed by atoms with E-state index >= 15 is 0 Å². The van der Waals surface area contributed by atoms with Gasteiger partial charge < -0.3 is 4.74 Å². The van der Waals surface area contributed by atoms with Gasteiger partial charge in [0.2, 0.25) is 0 Å². The predicted octanol–water partition coefficient (Wildman–Crippen LogP) is 0.268. The zero-order chi connectivity index (χ0) is 9.68. The third kappa shape index (κ3) is 3.16. The Morgan fingerprint density at radius 2 is 2.23 bits per heavy atom. The molecule has 74 valence electrons. The third-order valence-corrected chi connectivity index (χ3v) is 2.14. The van der Waals surface area contributed by atoms with Crippen molar-refractivity contribution >= 4 is 5.97 Å². The molecule has 0 atom stereocenters.